The third kappa shape index (κ3) is 3.65. The van der Waals surface area contributed by atoms with Crippen molar-refractivity contribution in [1.29, 1.82) is 0 Å². The Bertz CT molecular complexity index is 633. The summed E-state index contributed by atoms with van der Waals surface area (Å²) < 4.78 is 5.82. The highest BCUT2D eigenvalue weighted by Crippen LogP contribution is 2.29. The highest BCUT2D eigenvalue weighted by Gasteiger charge is 2.29. The number of rotatable bonds is 4. The minimum Gasteiger partial charge on any atom is -0.376 e. The minimum absolute atomic E-state index is 0.0325. The highest BCUT2D eigenvalue weighted by molar-refractivity contribution is 5.81. The van der Waals surface area contributed by atoms with E-state index in [1.807, 2.05) is 12.3 Å². The summed E-state index contributed by atoms with van der Waals surface area (Å²) in [5, 5.41) is 1.22. The molecule has 0 spiro atoms. The van der Waals surface area contributed by atoms with Crippen LogP contribution in [0.4, 0.5) is 0 Å². The second-order valence-electron chi connectivity index (χ2n) is 7.16. The van der Waals surface area contributed by atoms with Gasteiger partial charge in [0.25, 0.3) is 0 Å². The Morgan fingerprint density at radius 2 is 2.09 bits per heavy atom. The van der Waals surface area contributed by atoms with Crippen LogP contribution in [0.2, 0.25) is 0 Å². The fourth-order valence-electron chi connectivity index (χ4n) is 3.61. The zero-order valence-electron chi connectivity index (χ0n) is 13.9. The molecule has 1 fully saturated rings. The van der Waals surface area contributed by atoms with Gasteiger partial charge in [-0.2, -0.15) is 0 Å². The number of hydrogen-bond acceptors (Lipinski definition) is 3. The van der Waals surface area contributed by atoms with Crippen molar-refractivity contribution in [2.24, 2.45) is 5.92 Å². The summed E-state index contributed by atoms with van der Waals surface area (Å²) in [7, 11) is 2.21. The van der Waals surface area contributed by atoms with Crippen LogP contribution in [0.1, 0.15) is 32.3 Å². The van der Waals surface area contributed by atoms with Crippen molar-refractivity contribution in [3.8, 4) is 0 Å². The van der Waals surface area contributed by atoms with Crippen molar-refractivity contribution in [1.82, 2.24) is 9.88 Å². The molecule has 3 heteroatoms. The molecule has 0 N–H and O–H groups in total. The zero-order valence-corrected chi connectivity index (χ0v) is 13.9. The molecular formula is C19H26N2O. The Morgan fingerprint density at radius 1 is 1.27 bits per heavy atom. The lowest BCUT2D eigenvalue weighted by Gasteiger charge is -2.37. The average Bonchev–Trinajstić information content (AvgIpc) is 2.46. The van der Waals surface area contributed by atoms with Gasteiger partial charge in [0.05, 0.1) is 11.1 Å². The summed E-state index contributed by atoms with van der Waals surface area (Å²) in [6, 6.07) is 10.6. The summed E-state index contributed by atoms with van der Waals surface area (Å²) in [5.74, 6) is 0.719. The number of hydrogen-bond donors (Lipinski definition) is 0. The molecule has 1 aromatic carbocycles. The van der Waals surface area contributed by atoms with Crippen LogP contribution in [-0.4, -0.2) is 35.7 Å². The first-order valence-electron chi connectivity index (χ1n) is 8.19. The van der Waals surface area contributed by atoms with E-state index < -0.39 is 0 Å². The van der Waals surface area contributed by atoms with Crippen LogP contribution in [0.5, 0.6) is 0 Å². The van der Waals surface area contributed by atoms with E-state index in [0.29, 0.717) is 0 Å². The molecule has 1 atom stereocenters. The van der Waals surface area contributed by atoms with E-state index in [0.717, 1.165) is 37.6 Å². The maximum absolute atomic E-state index is 5.82. The molecule has 3 nitrogen and oxygen atoms in total. The van der Waals surface area contributed by atoms with Gasteiger partial charge in [0, 0.05) is 31.3 Å². The van der Waals surface area contributed by atoms with Gasteiger partial charge in [0.2, 0.25) is 0 Å². The first-order valence-corrected chi connectivity index (χ1v) is 8.19. The summed E-state index contributed by atoms with van der Waals surface area (Å²) in [6.07, 6.45) is 4.19. The molecular weight excluding hydrogens is 272 g/mol. The smallest absolute Gasteiger partial charge is 0.0746 e. The fraction of sp³-hybridized carbons (Fsp3) is 0.526. The van der Waals surface area contributed by atoms with Crippen LogP contribution in [0.15, 0.2) is 36.5 Å². The van der Waals surface area contributed by atoms with Gasteiger partial charge in [-0.15, -0.1) is 0 Å². The SMILES string of the molecule is CN(Cc1cccc2cccnc12)C[C@@H]1CCOC(C)(C)C1. The molecule has 118 valence electrons. The normalized spacial score (nSPS) is 21.4. The molecule has 0 unspecified atom stereocenters. The largest absolute Gasteiger partial charge is 0.376 e. The topological polar surface area (TPSA) is 25.4 Å². The predicted octanol–water partition coefficient (Wildman–Crippen LogP) is 3.87. The van der Waals surface area contributed by atoms with Gasteiger partial charge < -0.3 is 9.64 Å². The van der Waals surface area contributed by atoms with Crippen LogP contribution in [0.25, 0.3) is 10.9 Å². The molecule has 1 aliphatic heterocycles. The summed E-state index contributed by atoms with van der Waals surface area (Å²) in [5.41, 5.74) is 2.47. The molecule has 0 bridgehead atoms. The van der Waals surface area contributed by atoms with Gasteiger partial charge in [-0.25, -0.2) is 0 Å². The van der Waals surface area contributed by atoms with E-state index in [4.69, 9.17) is 4.74 Å². The monoisotopic (exact) mass is 298 g/mol. The molecule has 2 heterocycles. The van der Waals surface area contributed by atoms with Gasteiger partial charge in [-0.3, -0.25) is 4.98 Å². The van der Waals surface area contributed by atoms with E-state index in [1.165, 1.54) is 17.4 Å². The number of ether oxygens (including phenoxy) is 1. The first kappa shape index (κ1) is 15.4. The number of nitrogens with zero attached hydrogens (tertiary/aromatic N) is 2. The number of aromatic nitrogens is 1. The van der Waals surface area contributed by atoms with Gasteiger partial charge in [-0.05, 0) is 51.3 Å². The van der Waals surface area contributed by atoms with Crippen LogP contribution < -0.4 is 0 Å². The van der Waals surface area contributed by atoms with Gasteiger partial charge in [0.1, 0.15) is 0 Å². The van der Waals surface area contributed by atoms with Crippen molar-refractivity contribution in [2.45, 2.75) is 38.8 Å². The van der Waals surface area contributed by atoms with E-state index in [-0.39, 0.29) is 5.60 Å². The number of pyridine rings is 1. The molecule has 1 saturated heterocycles. The van der Waals surface area contributed by atoms with Crippen molar-refractivity contribution in [3.63, 3.8) is 0 Å². The molecule has 2 aromatic rings. The molecule has 0 amide bonds. The van der Waals surface area contributed by atoms with E-state index in [9.17, 15) is 0 Å². The Kier molecular flexibility index (Phi) is 4.46. The Labute approximate surface area is 133 Å². The van der Waals surface area contributed by atoms with Crippen LogP contribution >= 0.6 is 0 Å². The van der Waals surface area contributed by atoms with Crippen molar-refractivity contribution in [3.05, 3.63) is 42.1 Å². The molecule has 0 aliphatic carbocycles. The molecule has 1 aromatic heterocycles. The minimum atomic E-state index is 0.0325. The van der Waals surface area contributed by atoms with E-state index in [1.54, 1.807) is 0 Å². The van der Waals surface area contributed by atoms with E-state index in [2.05, 4.69) is 55.0 Å². The lowest BCUT2D eigenvalue weighted by Crippen LogP contribution is -2.38. The molecule has 22 heavy (non-hydrogen) atoms. The standard InChI is InChI=1S/C19H26N2O/c1-19(2)12-15(9-11-22-19)13-21(3)14-17-7-4-6-16-8-5-10-20-18(16)17/h4-8,10,15H,9,11-14H2,1-3H3/t15-/m1/s1. The van der Waals surface area contributed by atoms with Gasteiger partial charge in [0.15, 0.2) is 0 Å². The van der Waals surface area contributed by atoms with Crippen LogP contribution in [0, 0.1) is 5.92 Å². The van der Waals surface area contributed by atoms with Crippen molar-refractivity contribution >= 4 is 10.9 Å². The fourth-order valence-corrected chi connectivity index (χ4v) is 3.61. The van der Waals surface area contributed by atoms with Crippen LogP contribution in [0.3, 0.4) is 0 Å². The van der Waals surface area contributed by atoms with Gasteiger partial charge in [-0.1, -0.05) is 24.3 Å². The first-order chi connectivity index (χ1) is 10.5. The lowest BCUT2D eigenvalue weighted by atomic mass is 9.88. The third-order valence-electron chi connectivity index (χ3n) is 4.53. The number of para-hydroxylation sites is 1. The molecule has 1 aliphatic rings. The zero-order chi connectivity index (χ0) is 15.6. The Morgan fingerprint density at radius 3 is 2.91 bits per heavy atom. The predicted molar refractivity (Wildman–Crippen MR) is 90.8 cm³/mol. The van der Waals surface area contributed by atoms with Crippen molar-refractivity contribution < 1.29 is 4.74 Å². The molecule has 3 rings (SSSR count). The summed E-state index contributed by atoms with van der Waals surface area (Å²) in [4.78, 5) is 6.98. The lowest BCUT2D eigenvalue weighted by molar-refractivity contribution is -0.0761. The summed E-state index contributed by atoms with van der Waals surface area (Å²) >= 11 is 0. The second kappa shape index (κ2) is 6.35. The average molecular weight is 298 g/mol. The number of benzene rings is 1. The van der Waals surface area contributed by atoms with Crippen LogP contribution in [-0.2, 0) is 11.3 Å². The van der Waals surface area contributed by atoms with Gasteiger partial charge >= 0.3 is 0 Å². The molecule has 0 radical (unpaired) electrons. The molecule has 0 saturated carbocycles. The van der Waals surface area contributed by atoms with E-state index >= 15 is 0 Å². The maximum Gasteiger partial charge on any atom is 0.0746 e. The highest BCUT2D eigenvalue weighted by atomic mass is 16.5. The number of fused-ring (bicyclic) bond motifs is 1. The Hall–Kier alpha value is -1.45. The quantitative estimate of drug-likeness (QED) is 0.856. The second-order valence-corrected chi connectivity index (χ2v) is 7.16. The summed E-state index contributed by atoms with van der Waals surface area (Å²) in [6.45, 7) is 7.37. The Balaban J connectivity index is 1.67. The maximum atomic E-state index is 5.82. The van der Waals surface area contributed by atoms with Crippen molar-refractivity contribution in [2.75, 3.05) is 20.2 Å². The third-order valence-corrected chi connectivity index (χ3v) is 4.53.